The zero-order valence-electron chi connectivity index (χ0n) is 8.49. The summed E-state index contributed by atoms with van der Waals surface area (Å²) in [4.78, 5) is 4.26. The molecule has 1 saturated heterocycles. The molecule has 0 radical (unpaired) electrons. The second-order valence-electron chi connectivity index (χ2n) is 3.55. The third-order valence-electron chi connectivity index (χ3n) is 2.41. The lowest BCUT2D eigenvalue weighted by molar-refractivity contribution is 0.0254. The summed E-state index contributed by atoms with van der Waals surface area (Å²) < 4.78 is 11.1. The van der Waals surface area contributed by atoms with Crippen LogP contribution >= 0.6 is 15.9 Å². The summed E-state index contributed by atoms with van der Waals surface area (Å²) in [6.07, 6.45) is 4.02. The molecule has 0 N–H and O–H groups in total. The van der Waals surface area contributed by atoms with Gasteiger partial charge in [-0.15, -0.1) is 0 Å². The number of ether oxygens (including phenoxy) is 2. The van der Waals surface area contributed by atoms with Crippen LogP contribution in [0.4, 0.5) is 0 Å². The van der Waals surface area contributed by atoms with Gasteiger partial charge in [0.25, 0.3) is 0 Å². The standard InChI is InChI=1S/C11H14BrNO2/c12-7-9-1-2-11(8-13-9)15-10-3-5-14-6-4-10/h1-2,8,10H,3-7H2. The summed E-state index contributed by atoms with van der Waals surface area (Å²) in [6.45, 7) is 1.61. The predicted octanol–water partition coefficient (Wildman–Crippen LogP) is 2.53. The average molecular weight is 272 g/mol. The molecule has 0 unspecified atom stereocenters. The molecule has 0 atom stereocenters. The summed E-state index contributed by atoms with van der Waals surface area (Å²) in [5.74, 6) is 0.853. The van der Waals surface area contributed by atoms with Crippen LogP contribution in [0.25, 0.3) is 0 Å². The SMILES string of the molecule is BrCc1ccc(OC2CCOCC2)cn1. The number of halogens is 1. The first-order chi connectivity index (χ1) is 7.38. The van der Waals surface area contributed by atoms with E-state index >= 15 is 0 Å². The molecule has 2 heterocycles. The van der Waals surface area contributed by atoms with Gasteiger partial charge in [0, 0.05) is 18.2 Å². The summed E-state index contributed by atoms with van der Waals surface area (Å²) in [5, 5.41) is 0.782. The zero-order chi connectivity index (χ0) is 10.5. The highest BCUT2D eigenvalue weighted by Crippen LogP contribution is 2.17. The largest absolute Gasteiger partial charge is 0.489 e. The van der Waals surface area contributed by atoms with Crippen molar-refractivity contribution in [1.29, 1.82) is 0 Å². The number of hydrogen-bond donors (Lipinski definition) is 0. The van der Waals surface area contributed by atoms with Crippen LogP contribution in [0.5, 0.6) is 5.75 Å². The molecular formula is C11H14BrNO2. The van der Waals surface area contributed by atoms with Gasteiger partial charge in [-0.3, -0.25) is 4.98 Å². The monoisotopic (exact) mass is 271 g/mol. The second-order valence-corrected chi connectivity index (χ2v) is 4.11. The zero-order valence-corrected chi connectivity index (χ0v) is 10.1. The van der Waals surface area contributed by atoms with Crippen molar-refractivity contribution in [2.45, 2.75) is 24.3 Å². The Hall–Kier alpha value is -0.610. The highest BCUT2D eigenvalue weighted by molar-refractivity contribution is 9.08. The van der Waals surface area contributed by atoms with Gasteiger partial charge in [0.15, 0.2) is 0 Å². The normalized spacial score (nSPS) is 17.7. The van der Waals surface area contributed by atoms with Gasteiger partial charge in [0.1, 0.15) is 11.9 Å². The van der Waals surface area contributed by atoms with Crippen molar-refractivity contribution in [3.05, 3.63) is 24.0 Å². The molecule has 3 nitrogen and oxygen atoms in total. The molecule has 1 fully saturated rings. The third kappa shape index (κ3) is 3.18. The fourth-order valence-corrected chi connectivity index (χ4v) is 1.88. The van der Waals surface area contributed by atoms with Crippen LogP contribution in [0.15, 0.2) is 18.3 Å². The summed E-state index contributed by atoms with van der Waals surface area (Å²) >= 11 is 3.36. The quantitative estimate of drug-likeness (QED) is 0.792. The molecule has 0 saturated carbocycles. The topological polar surface area (TPSA) is 31.4 Å². The Labute approximate surface area is 97.9 Å². The number of rotatable bonds is 3. The van der Waals surface area contributed by atoms with Gasteiger partial charge in [-0.05, 0) is 12.1 Å². The molecule has 0 aromatic carbocycles. The van der Waals surface area contributed by atoms with E-state index < -0.39 is 0 Å². The van der Waals surface area contributed by atoms with Crippen molar-refractivity contribution in [3.63, 3.8) is 0 Å². The lowest BCUT2D eigenvalue weighted by Crippen LogP contribution is -2.25. The van der Waals surface area contributed by atoms with Gasteiger partial charge < -0.3 is 9.47 Å². The molecule has 0 aliphatic carbocycles. The van der Waals surface area contributed by atoms with Gasteiger partial charge in [0.05, 0.1) is 25.1 Å². The van der Waals surface area contributed by atoms with Crippen LogP contribution in [0.2, 0.25) is 0 Å². The van der Waals surface area contributed by atoms with Gasteiger partial charge in [-0.25, -0.2) is 0 Å². The Balaban J connectivity index is 1.91. The summed E-state index contributed by atoms with van der Waals surface area (Å²) in [5.41, 5.74) is 1.02. The minimum Gasteiger partial charge on any atom is -0.489 e. The lowest BCUT2D eigenvalue weighted by Gasteiger charge is -2.23. The number of aromatic nitrogens is 1. The van der Waals surface area contributed by atoms with Gasteiger partial charge in [-0.1, -0.05) is 15.9 Å². The number of hydrogen-bond acceptors (Lipinski definition) is 3. The van der Waals surface area contributed by atoms with Crippen molar-refractivity contribution < 1.29 is 9.47 Å². The number of alkyl halides is 1. The molecule has 2 rings (SSSR count). The van der Waals surface area contributed by atoms with Gasteiger partial charge in [-0.2, -0.15) is 0 Å². The Morgan fingerprint density at radius 2 is 2.20 bits per heavy atom. The Morgan fingerprint density at radius 3 is 2.80 bits per heavy atom. The summed E-state index contributed by atoms with van der Waals surface area (Å²) in [7, 11) is 0. The second kappa shape index (κ2) is 5.47. The fourth-order valence-electron chi connectivity index (χ4n) is 1.55. The molecule has 1 aromatic heterocycles. The van der Waals surface area contributed by atoms with Crippen LogP contribution in [0, 0.1) is 0 Å². The first kappa shape index (κ1) is 10.9. The van der Waals surface area contributed by atoms with Crippen LogP contribution in [0.3, 0.4) is 0 Å². The predicted molar refractivity (Wildman–Crippen MR) is 61.3 cm³/mol. The first-order valence-corrected chi connectivity index (χ1v) is 6.26. The molecule has 4 heteroatoms. The molecule has 82 valence electrons. The van der Waals surface area contributed by atoms with Crippen LogP contribution in [-0.4, -0.2) is 24.3 Å². The van der Waals surface area contributed by atoms with E-state index in [0.29, 0.717) is 0 Å². The Morgan fingerprint density at radius 1 is 1.40 bits per heavy atom. The number of nitrogens with zero attached hydrogens (tertiary/aromatic N) is 1. The maximum absolute atomic E-state index is 5.80. The molecule has 0 spiro atoms. The van der Waals surface area contributed by atoms with Gasteiger partial charge in [0.2, 0.25) is 0 Å². The van der Waals surface area contributed by atoms with E-state index in [4.69, 9.17) is 9.47 Å². The smallest absolute Gasteiger partial charge is 0.138 e. The van der Waals surface area contributed by atoms with Crippen LogP contribution in [0.1, 0.15) is 18.5 Å². The number of pyridine rings is 1. The maximum atomic E-state index is 5.80. The maximum Gasteiger partial charge on any atom is 0.138 e. The molecule has 1 aliphatic heterocycles. The minimum atomic E-state index is 0.287. The van der Waals surface area contributed by atoms with Crippen molar-refractivity contribution in [1.82, 2.24) is 4.98 Å². The van der Waals surface area contributed by atoms with E-state index in [1.54, 1.807) is 6.20 Å². The van der Waals surface area contributed by atoms with Crippen LogP contribution < -0.4 is 4.74 Å². The van der Waals surface area contributed by atoms with E-state index in [9.17, 15) is 0 Å². The Kier molecular flexibility index (Phi) is 3.97. The lowest BCUT2D eigenvalue weighted by atomic mass is 10.1. The minimum absolute atomic E-state index is 0.287. The summed E-state index contributed by atoms with van der Waals surface area (Å²) in [6, 6.07) is 3.95. The Bertz CT molecular complexity index is 296. The molecule has 1 aromatic rings. The van der Waals surface area contributed by atoms with E-state index in [-0.39, 0.29) is 6.10 Å². The molecule has 0 amide bonds. The molecular weight excluding hydrogens is 258 g/mol. The van der Waals surface area contributed by atoms with Crippen molar-refractivity contribution >= 4 is 15.9 Å². The van der Waals surface area contributed by atoms with E-state index in [1.165, 1.54) is 0 Å². The van der Waals surface area contributed by atoms with Gasteiger partial charge >= 0.3 is 0 Å². The third-order valence-corrected chi connectivity index (χ3v) is 2.98. The van der Waals surface area contributed by atoms with E-state index in [1.807, 2.05) is 12.1 Å². The first-order valence-electron chi connectivity index (χ1n) is 5.14. The molecule has 15 heavy (non-hydrogen) atoms. The van der Waals surface area contributed by atoms with Crippen molar-refractivity contribution in [3.8, 4) is 5.75 Å². The average Bonchev–Trinajstić information content (AvgIpc) is 2.31. The molecule has 1 aliphatic rings. The highest BCUT2D eigenvalue weighted by atomic mass is 79.9. The fraction of sp³-hybridized carbons (Fsp3) is 0.545. The van der Waals surface area contributed by atoms with E-state index in [0.717, 1.165) is 42.8 Å². The van der Waals surface area contributed by atoms with Crippen molar-refractivity contribution in [2.24, 2.45) is 0 Å². The highest BCUT2D eigenvalue weighted by Gasteiger charge is 2.15. The van der Waals surface area contributed by atoms with Crippen molar-refractivity contribution in [2.75, 3.05) is 13.2 Å². The van der Waals surface area contributed by atoms with Crippen LogP contribution in [-0.2, 0) is 10.1 Å². The van der Waals surface area contributed by atoms with E-state index in [2.05, 4.69) is 20.9 Å². The molecule has 0 bridgehead atoms.